The van der Waals surface area contributed by atoms with Crippen LogP contribution >= 0.6 is 23.5 Å². The molecule has 0 spiro atoms. The van der Waals surface area contributed by atoms with E-state index < -0.39 is 53.6 Å². The van der Waals surface area contributed by atoms with Gasteiger partial charge in [-0.15, -0.1) is 16.9 Å². The number of anilines is 1. The highest BCUT2D eigenvalue weighted by Crippen LogP contribution is 2.42. The van der Waals surface area contributed by atoms with E-state index in [4.69, 9.17) is 15.2 Å². The third-order valence-electron chi connectivity index (χ3n) is 8.75. The largest absolute Gasteiger partial charge is 0.516 e. The molecule has 0 aliphatic carbocycles. The highest BCUT2D eigenvalue weighted by molar-refractivity contribution is 8.01. The predicted octanol–water partition coefficient (Wildman–Crippen LogP) is 2.91. The van der Waals surface area contributed by atoms with E-state index >= 15 is 0 Å². The summed E-state index contributed by atoms with van der Waals surface area (Å²) in [6.07, 6.45) is -1.84. The van der Waals surface area contributed by atoms with Gasteiger partial charge in [0.1, 0.15) is 17.5 Å². The summed E-state index contributed by atoms with van der Waals surface area (Å²) in [5, 5.41) is 19.3. The van der Waals surface area contributed by atoms with E-state index in [0.29, 0.717) is 38.9 Å². The number of β-lactam (4-membered cyclic amide) rings is 1. The fraction of sp³-hybridized carbons (Fsp3) is 0.257. The van der Waals surface area contributed by atoms with Gasteiger partial charge in [0.15, 0.2) is 6.10 Å². The first kappa shape index (κ1) is 36.3. The second-order valence-corrected chi connectivity index (χ2v) is 14.3. The molecular formula is C35H34N10O7S2. The summed E-state index contributed by atoms with van der Waals surface area (Å²) in [7, 11) is 1.69. The van der Waals surface area contributed by atoms with Crippen LogP contribution in [0.1, 0.15) is 28.8 Å². The molecule has 0 radical (unpaired) electrons. The number of thioether (sulfide) groups is 2. The lowest BCUT2D eigenvalue weighted by Gasteiger charge is -2.49. The van der Waals surface area contributed by atoms with Gasteiger partial charge in [-0.3, -0.25) is 14.5 Å². The Morgan fingerprint density at radius 1 is 1.00 bits per heavy atom. The average Bonchev–Trinajstić information content (AvgIpc) is 3.82. The fourth-order valence-electron chi connectivity index (χ4n) is 6.00. The smallest absolute Gasteiger partial charge is 0.421 e. The van der Waals surface area contributed by atoms with Crippen LogP contribution < -0.4 is 21.7 Å². The van der Waals surface area contributed by atoms with Crippen molar-refractivity contribution >= 4 is 59.2 Å². The van der Waals surface area contributed by atoms with E-state index in [9.17, 15) is 24.0 Å². The number of carbonyl (C=O) groups is 5. The van der Waals surface area contributed by atoms with Gasteiger partial charge in [-0.25, -0.2) is 24.0 Å². The normalized spacial score (nSPS) is 18.4. The van der Waals surface area contributed by atoms with Gasteiger partial charge >= 0.3 is 18.2 Å². The molecule has 19 heteroatoms. The van der Waals surface area contributed by atoms with Gasteiger partial charge in [0.05, 0.1) is 0 Å². The summed E-state index contributed by atoms with van der Waals surface area (Å²) in [6.45, 7) is 0.398. The molecule has 3 aromatic carbocycles. The topological polar surface area (TPSA) is 216 Å². The molecule has 278 valence electrons. The van der Waals surface area contributed by atoms with Crippen molar-refractivity contribution in [3.05, 3.63) is 113 Å². The minimum absolute atomic E-state index is 0.00909. The van der Waals surface area contributed by atoms with Crippen LogP contribution in [0.2, 0.25) is 0 Å². The average molecular weight is 771 g/mol. The predicted molar refractivity (Wildman–Crippen MR) is 196 cm³/mol. The molecule has 4 heterocycles. The number of fused-ring (bicyclic) bond motifs is 1. The molecule has 7 rings (SSSR count). The third kappa shape index (κ3) is 7.67. The molecule has 3 atom stereocenters. The molecule has 6 amide bonds. The third-order valence-corrected chi connectivity index (χ3v) is 11.2. The lowest BCUT2D eigenvalue weighted by molar-refractivity contribution is -0.149. The van der Waals surface area contributed by atoms with Crippen LogP contribution in [-0.2, 0) is 26.1 Å². The summed E-state index contributed by atoms with van der Waals surface area (Å²) in [4.78, 5) is 68.9. The zero-order valence-electron chi connectivity index (χ0n) is 28.7. The van der Waals surface area contributed by atoms with Gasteiger partial charge in [0.2, 0.25) is 16.9 Å². The molecular weight excluding hydrogens is 737 g/mol. The summed E-state index contributed by atoms with van der Waals surface area (Å²) in [5.74, 6) is -0.653. The number of aromatic nitrogens is 4. The van der Waals surface area contributed by atoms with Crippen molar-refractivity contribution in [2.24, 2.45) is 7.05 Å². The number of aryl methyl sites for hydroxylation is 1. The van der Waals surface area contributed by atoms with Crippen LogP contribution in [0.15, 0.2) is 102 Å². The summed E-state index contributed by atoms with van der Waals surface area (Å²) < 4.78 is 13.3. The number of amides is 6. The van der Waals surface area contributed by atoms with Crippen molar-refractivity contribution < 1.29 is 33.4 Å². The maximum Gasteiger partial charge on any atom is 0.516 e. The van der Waals surface area contributed by atoms with Gasteiger partial charge < -0.3 is 31.2 Å². The van der Waals surface area contributed by atoms with Crippen LogP contribution in [0.3, 0.4) is 0 Å². The molecule has 1 aromatic heterocycles. The van der Waals surface area contributed by atoms with Gasteiger partial charge in [-0.1, -0.05) is 84.6 Å². The monoisotopic (exact) mass is 770 g/mol. The Morgan fingerprint density at radius 3 is 2.30 bits per heavy atom. The van der Waals surface area contributed by atoms with Gasteiger partial charge in [0.25, 0.3) is 5.91 Å². The number of nitrogens with zero attached hydrogens (tertiary/aromatic N) is 6. The number of tetrazole rings is 1. The number of ether oxygens (including phenoxy) is 2. The van der Waals surface area contributed by atoms with E-state index in [-0.39, 0.29) is 24.7 Å². The minimum atomic E-state index is -1.27. The van der Waals surface area contributed by atoms with Crippen LogP contribution in [0.25, 0.3) is 0 Å². The standard InChI is InChI=1S/C35H34N10O7S2/c1-43-34(40-41-42-43)54-19-23-18-53-31-26(38-28(46)25(20-12-14-24(36)15-13-20)39-33(49)44-17-16-37-32(44)48)29(47)45(31)30(23)52-35(50)51-27(21-8-4-2-5-9-21)22-10-6-3-7-11-22/h2-15,25-27,31H,16-19,36H2,1H3,(H,37,48)(H,38,46)(H,39,49)/t25-,26-,31+/m1/s1. The number of hydrogen-bond acceptors (Lipinski definition) is 13. The number of carbonyl (C=O) groups excluding carboxylic acids is 5. The number of nitrogen functional groups attached to an aromatic ring is 1. The van der Waals surface area contributed by atoms with E-state index in [1.807, 2.05) is 60.7 Å². The SMILES string of the molecule is Cn1nnnc1SCC1=C(OC(=O)OC(c2ccccc2)c2ccccc2)N2C(=O)[C@@H](NC(=O)[C@H](NC(=O)N3CCNC3=O)c3ccc(N)cc3)[C@@H]2SC1. The molecule has 5 N–H and O–H groups in total. The molecule has 0 saturated carbocycles. The minimum Gasteiger partial charge on any atom is -0.421 e. The maximum atomic E-state index is 13.9. The molecule has 3 aliphatic rings. The number of benzene rings is 3. The van der Waals surface area contributed by atoms with Gasteiger partial charge in [-0.05, 0) is 39.2 Å². The van der Waals surface area contributed by atoms with E-state index in [2.05, 4.69) is 31.5 Å². The highest BCUT2D eigenvalue weighted by Gasteiger charge is 2.54. The molecule has 2 fully saturated rings. The summed E-state index contributed by atoms with van der Waals surface area (Å²) in [5.41, 5.74) is 8.71. The van der Waals surface area contributed by atoms with Crippen molar-refractivity contribution in [3.8, 4) is 0 Å². The lowest BCUT2D eigenvalue weighted by atomic mass is 10.0. The quantitative estimate of drug-likeness (QED) is 0.0748. The molecule has 3 aliphatic heterocycles. The molecule has 4 aromatic rings. The Labute approximate surface area is 317 Å². The van der Waals surface area contributed by atoms with Crippen molar-refractivity contribution in [2.45, 2.75) is 28.7 Å². The molecule has 17 nitrogen and oxygen atoms in total. The molecule has 0 unspecified atom stereocenters. The van der Waals surface area contributed by atoms with Crippen LogP contribution in [-0.4, -0.2) is 96.0 Å². The number of hydrogen-bond donors (Lipinski definition) is 4. The second-order valence-electron chi connectivity index (χ2n) is 12.3. The fourth-order valence-corrected chi connectivity index (χ4v) is 8.30. The highest BCUT2D eigenvalue weighted by atomic mass is 32.2. The zero-order chi connectivity index (χ0) is 37.8. The Kier molecular flexibility index (Phi) is 10.7. The Morgan fingerprint density at radius 2 is 1.69 bits per heavy atom. The second kappa shape index (κ2) is 15.9. The molecule has 0 bridgehead atoms. The first-order valence-corrected chi connectivity index (χ1v) is 18.7. The van der Waals surface area contributed by atoms with Crippen LogP contribution in [0, 0.1) is 0 Å². The summed E-state index contributed by atoms with van der Waals surface area (Å²) in [6, 6.07) is 21.0. The molecule has 54 heavy (non-hydrogen) atoms. The number of imide groups is 1. The number of rotatable bonds is 11. The Hall–Kier alpha value is -6.08. The van der Waals surface area contributed by atoms with Crippen molar-refractivity contribution in [1.29, 1.82) is 0 Å². The van der Waals surface area contributed by atoms with Crippen molar-refractivity contribution in [1.82, 2.24) is 46.0 Å². The van der Waals surface area contributed by atoms with Gasteiger partial charge in [0, 0.05) is 42.9 Å². The van der Waals surface area contributed by atoms with Crippen LogP contribution in [0.5, 0.6) is 0 Å². The first-order chi connectivity index (χ1) is 26.2. The van der Waals surface area contributed by atoms with E-state index in [1.54, 1.807) is 31.3 Å². The van der Waals surface area contributed by atoms with Crippen molar-refractivity contribution in [3.63, 3.8) is 0 Å². The number of nitrogens with one attached hydrogen (secondary N) is 3. The number of urea groups is 2. The van der Waals surface area contributed by atoms with E-state index in [0.717, 1.165) is 4.90 Å². The molecule has 2 saturated heterocycles. The zero-order valence-corrected chi connectivity index (χ0v) is 30.3. The van der Waals surface area contributed by atoms with E-state index in [1.165, 1.54) is 33.1 Å². The Bertz CT molecular complexity index is 2040. The first-order valence-electron chi connectivity index (χ1n) is 16.7. The lowest BCUT2D eigenvalue weighted by Crippen LogP contribution is -2.71. The maximum absolute atomic E-state index is 13.9. The van der Waals surface area contributed by atoms with Crippen LogP contribution in [0.4, 0.5) is 20.1 Å². The van der Waals surface area contributed by atoms with Crippen molar-refractivity contribution in [2.75, 3.05) is 30.3 Å². The number of nitrogens with two attached hydrogens (primary N) is 1. The Balaban J connectivity index is 1.12. The van der Waals surface area contributed by atoms with Gasteiger partial charge in [-0.2, -0.15) is 0 Å². The summed E-state index contributed by atoms with van der Waals surface area (Å²) >= 11 is 2.65.